The van der Waals surface area contributed by atoms with E-state index in [1.807, 2.05) is 19.0 Å². The molecule has 0 spiro atoms. The molecule has 1 atom stereocenters. The first kappa shape index (κ1) is 6.35. The van der Waals surface area contributed by atoms with Gasteiger partial charge in [0.05, 0.1) is 6.42 Å². The summed E-state index contributed by atoms with van der Waals surface area (Å²) in [5, 5.41) is 12.4. The highest BCUT2D eigenvalue weighted by atomic mass is 16.7. The second-order valence-corrected chi connectivity index (χ2v) is 2.17. The quantitative estimate of drug-likeness (QED) is 0.485. The Bertz CT molecular complexity index is 133. The third kappa shape index (κ3) is 1.32. The number of oxime groups is 1. The minimum atomic E-state index is -0.734. The summed E-state index contributed by atoms with van der Waals surface area (Å²) in [5.41, 5.74) is 0. The minimum Gasteiger partial charge on any atom is -0.363 e. The van der Waals surface area contributed by atoms with Crippen molar-refractivity contribution < 1.29 is 9.94 Å². The summed E-state index contributed by atoms with van der Waals surface area (Å²) in [4.78, 5) is 6.34. The number of hydrogen-bond donors (Lipinski definition) is 1. The Morgan fingerprint density at radius 3 is 2.67 bits per heavy atom. The van der Waals surface area contributed by atoms with E-state index in [2.05, 4.69) is 9.99 Å². The largest absolute Gasteiger partial charge is 0.363 e. The van der Waals surface area contributed by atoms with Gasteiger partial charge in [0.25, 0.3) is 0 Å². The lowest BCUT2D eigenvalue weighted by Gasteiger charge is -2.07. The van der Waals surface area contributed by atoms with Crippen molar-refractivity contribution in [1.82, 2.24) is 4.90 Å². The average molecular weight is 130 g/mol. The lowest BCUT2D eigenvalue weighted by molar-refractivity contribution is -0.0762. The molecule has 0 aromatic carbocycles. The predicted octanol–water partition coefficient (Wildman–Crippen LogP) is -0.400. The van der Waals surface area contributed by atoms with Crippen LogP contribution in [0.2, 0.25) is 0 Å². The first-order chi connectivity index (χ1) is 4.20. The van der Waals surface area contributed by atoms with Gasteiger partial charge in [0.1, 0.15) is 5.84 Å². The van der Waals surface area contributed by atoms with Gasteiger partial charge >= 0.3 is 0 Å². The van der Waals surface area contributed by atoms with Crippen LogP contribution >= 0.6 is 0 Å². The fraction of sp³-hybridized carbons (Fsp3) is 0.800. The van der Waals surface area contributed by atoms with E-state index < -0.39 is 6.29 Å². The molecule has 4 nitrogen and oxygen atoms in total. The zero-order valence-electron chi connectivity index (χ0n) is 5.53. The van der Waals surface area contributed by atoms with Gasteiger partial charge in [0.2, 0.25) is 6.29 Å². The van der Waals surface area contributed by atoms with Gasteiger partial charge in [-0.15, -0.1) is 0 Å². The lowest BCUT2D eigenvalue weighted by Crippen LogP contribution is -2.21. The molecule has 0 aromatic rings. The lowest BCUT2D eigenvalue weighted by atomic mass is 10.4. The van der Waals surface area contributed by atoms with Gasteiger partial charge in [0.15, 0.2) is 0 Å². The second-order valence-electron chi connectivity index (χ2n) is 2.17. The molecule has 0 aromatic heterocycles. The normalized spacial score (nSPS) is 25.2. The summed E-state index contributed by atoms with van der Waals surface area (Å²) < 4.78 is 0. The Labute approximate surface area is 53.7 Å². The van der Waals surface area contributed by atoms with E-state index in [-0.39, 0.29) is 0 Å². The van der Waals surface area contributed by atoms with Crippen molar-refractivity contribution in [2.45, 2.75) is 12.7 Å². The highest BCUT2D eigenvalue weighted by Gasteiger charge is 2.18. The van der Waals surface area contributed by atoms with E-state index in [0.717, 1.165) is 5.84 Å². The smallest absolute Gasteiger partial charge is 0.231 e. The van der Waals surface area contributed by atoms with Crippen LogP contribution in [0, 0.1) is 0 Å². The van der Waals surface area contributed by atoms with E-state index in [4.69, 9.17) is 5.11 Å². The Hall–Kier alpha value is -0.770. The predicted molar refractivity (Wildman–Crippen MR) is 32.8 cm³/mol. The summed E-state index contributed by atoms with van der Waals surface area (Å²) in [6.07, 6.45) is -0.241. The van der Waals surface area contributed by atoms with Gasteiger partial charge in [-0.3, -0.25) is 0 Å². The van der Waals surface area contributed by atoms with E-state index in [9.17, 15) is 0 Å². The Balaban J connectivity index is 2.45. The maximum Gasteiger partial charge on any atom is 0.231 e. The van der Waals surface area contributed by atoms with Gasteiger partial charge in [-0.1, -0.05) is 5.16 Å². The molecule has 0 amide bonds. The van der Waals surface area contributed by atoms with Crippen LogP contribution in [-0.4, -0.2) is 36.2 Å². The maximum atomic E-state index is 8.78. The number of amidine groups is 1. The molecule has 1 N–H and O–H groups in total. The fourth-order valence-electron chi connectivity index (χ4n) is 0.617. The van der Waals surface area contributed by atoms with Crippen LogP contribution in [0.1, 0.15) is 6.42 Å². The topological polar surface area (TPSA) is 45.1 Å². The van der Waals surface area contributed by atoms with E-state index >= 15 is 0 Å². The first-order valence-electron chi connectivity index (χ1n) is 2.78. The summed E-state index contributed by atoms with van der Waals surface area (Å²) in [5.74, 6) is 0.780. The zero-order chi connectivity index (χ0) is 6.85. The Morgan fingerprint density at radius 2 is 2.44 bits per heavy atom. The van der Waals surface area contributed by atoms with Crippen LogP contribution in [0.25, 0.3) is 0 Å². The van der Waals surface area contributed by atoms with Crippen molar-refractivity contribution in [3.8, 4) is 0 Å². The molecule has 0 aliphatic carbocycles. The Morgan fingerprint density at radius 1 is 1.78 bits per heavy atom. The molecule has 1 rings (SSSR count). The molecule has 4 heteroatoms. The van der Waals surface area contributed by atoms with Crippen molar-refractivity contribution in [3.63, 3.8) is 0 Å². The van der Waals surface area contributed by atoms with Crippen LogP contribution in [0.3, 0.4) is 0 Å². The van der Waals surface area contributed by atoms with Gasteiger partial charge in [-0.05, 0) is 0 Å². The third-order valence-electron chi connectivity index (χ3n) is 1.15. The van der Waals surface area contributed by atoms with Crippen molar-refractivity contribution in [2.75, 3.05) is 14.1 Å². The minimum absolute atomic E-state index is 0.493. The first-order valence-corrected chi connectivity index (χ1v) is 2.78. The number of aliphatic hydroxyl groups is 1. The van der Waals surface area contributed by atoms with E-state index in [1.165, 1.54) is 0 Å². The summed E-state index contributed by atoms with van der Waals surface area (Å²) in [6.45, 7) is 0. The molecular formula is C5H10N2O2. The number of aliphatic hydroxyl groups excluding tert-OH is 1. The van der Waals surface area contributed by atoms with Gasteiger partial charge < -0.3 is 14.8 Å². The highest BCUT2D eigenvalue weighted by Crippen LogP contribution is 2.07. The summed E-state index contributed by atoms with van der Waals surface area (Å²) in [6, 6.07) is 0. The zero-order valence-corrected chi connectivity index (χ0v) is 5.53. The maximum absolute atomic E-state index is 8.78. The summed E-state index contributed by atoms with van der Waals surface area (Å²) >= 11 is 0. The van der Waals surface area contributed by atoms with Crippen molar-refractivity contribution in [2.24, 2.45) is 5.16 Å². The number of nitrogens with zero attached hydrogens (tertiary/aromatic N) is 2. The molecular weight excluding hydrogens is 120 g/mol. The molecule has 0 bridgehead atoms. The van der Waals surface area contributed by atoms with E-state index in [1.54, 1.807) is 0 Å². The standard InChI is InChI=1S/C5H10N2O2/c1-7(2)4-3-5(8)9-6-4/h5,8H,3H2,1-2H3. The molecule has 1 aliphatic rings. The van der Waals surface area contributed by atoms with Crippen molar-refractivity contribution in [3.05, 3.63) is 0 Å². The molecule has 52 valence electrons. The average Bonchev–Trinajstić information content (AvgIpc) is 2.14. The van der Waals surface area contributed by atoms with Crippen LogP contribution < -0.4 is 0 Å². The van der Waals surface area contributed by atoms with Gasteiger partial charge in [-0.25, -0.2) is 0 Å². The SMILES string of the molecule is CN(C)C1=NOC(O)C1. The van der Waals surface area contributed by atoms with Gasteiger partial charge in [0, 0.05) is 14.1 Å². The highest BCUT2D eigenvalue weighted by molar-refractivity contribution is 5.82. The molecule has 0 saturated heterocycles. The number of rotatable bonds is 0. The molecule has 1 unspecified atom stereocenters. The summed E-state index contributed by atoms with van der Waals surface area (Å²) in [7, 11) is 3.72. The Kier molecular flexibility index (Phi) is 1.57. The van der Waals surface area contributed by atoms with Crippen LogP contribution in [0.15, 0.2) is 5.16 Å². The molecule has 1 heterocycles. The third-order valence-corrected chi connectivity index (χ3v) is 1.15. The van der Waals surface area contributed by atoms with Crippen LogP contribution in [-0.2, 0) is 4.84 Å². The van der Waals surface area contributed by atoms with Gasteiger partial charge in [-0.2, -0.15) is 0 Å². The molecule has 0 radical (unpaired) electrons. The molecule has 0 fully saturated rings. The van der Waals surface area contributed by atoms with Crippen molar-refractivity contribution in [1.29, 1.82) is 0 Å². The fourth-order valence-corrected chi connectivity index (χ4v) is 0.617. The molecule has 0 saturated carbocycles. The second kappa shape index (κ2) is 2.23. The number of hydrogen-bond acceptors (Lipinski definition) is 4. The molecule has 9 heavy (non-hydrogen) atoms. The van der Waals surface area contributed by atoms with Crippen molar-refractivity contribution >= 4 is 5.84 Å². The van der Waals surface area contributed by atoms with Crippen LogP contribution in [0.5, 0.6) is 0 Å². The van der Waals surface area contributed by atoms with Crippen LogP contribution in [0.4, 0.5) is 0 Å². The monoisotopic (exact) mass is 130 g/mol. The molecule has 1 aliphatic heterocycles. The van der Waals surface area contributed by atoms with E-state index in [0.29, 0.717) is 6.42 Å².